The number of carbonyl (C=O) groups excluding carboxylic acids is 3. The number of carbonyl (C=O) groups is 3. The average Bonchev–Trinajstić information content (AvgIpc) is 3.62. The summed E-state index contributed by atoms with van der Waals surface area (Å²) in [6.07, 6.45) is 5.71. The van der Waals surface area contributed by atoms with Gasteiger partial charge in [-0.25, -0.2) is 18.2 Å². The molecule has 48 heavy (non-hydrogen) atoms. The molecule has 0 spiro atoms. The molecule has 2 aromatic heterocycles. The number of pyridine rings is 1. The standard InChI is InChI=1S/C36H30F3N5O4/c37-27-16-24(17-28(38)19-27)15-25-18-31(35(47)44(21-25)22-26-3-1-2-4-32(26)39)33(45)20-34(46)36(48)42-13-11-41(12-14-42)29-5-7-30(8-6-29)43-10-9-40-23-43/h1-10,16-19,21,23H,11-15,20,22H2. The Balaban J connectivity index is 1.15. The molecule has 0 saturated carbocycles. The van der Waals surface area contributed by atoms with Gasteiger partial charge in [0.05, 0.1) is 24.9 Å². The van der Waals surface area contributed by atoms with Gasteiger partial charge in [0.25, 0.3) is 11.5 Å². The largest absolute Gasteiger partial charge is 0.368 e. The summed E-state index contributed by atoms with van der Waals surface area (Å²) in [5, 5.41) is 0. The first kappa shape index (κ1) is 32.2. The first-order valence-corrected chi connectivity index (χ1v) is 15.2. The van der Waals surface area contributed by atoms with Crippen LogP contribution in [0.25, 0.3) is 5.69 Å². The normalized spacial score (nSPS) is 13.1. The predicted molar refractivity (Wildman–Crippen MR) is 172 cm³/mol. The van der Waals surface area contributed by atoms with Gasteiger partial charge < -0.3 is 18.9 Å². The van der Waals surface area contributed by atoms with Crippen molar-refractivity contribution in [3.05, 3.63) is 148 Å². The number of rotatable bonds is 10. The SMILES string of the molecule is O=C(CC(=O)c1cc(Cc2cc(F)cc(F)c2)cn(Cc2ccccc2F)c1=O)C(=O)N1CCN(c2ccc(-n3ccnc3)cc2)CC1. The van der Waals surface area contributed by atoms with Crippen LogP contribution in [-0.4, -0.2) is 62.7 Å². The van der Waals surface area contributed by atoms with Crippen molar-refractivity contribution in [3.63, 3.8) is 0 Å². The fourth-order valence-electron chi connectivity index (χ4n) is 5.78. The number of benzene rings is 3. The maximum atomic E-state index is 14.5. The molecule has 12 heteroatoms. The van der Waals surface area contributed by atoms with Gasteiger partial charge in [0.15, 0.2) is 5.78 Å². The van der Waals surface area contributed by atoms with E-state index in [9.17, 15) is 32.3 Å². The Labute approximate surface area is 273 Å². The fraction of sp³-hybridized carbons (Fsp3) is 0.194. The number of aromatic nitrogens is 3. The third-order valence-corrected chi connectivity index (χ3v) is 8.22. The third-order valence-electron chi connectivity index (χ3n) is 8.22. The molecular formula is C36H30F3N5O4. The summed E-state index contributed by atoms with van der Waals surface area (Å²) in [7, 11) is 0. The minimum Gasteiger partial charge on any atom is -0.368 e. The van der Waals surface area contributed by atoms with E-state index in [2.05, 4.69) is 9.88 Å². The van der Waals surface area contributed by atoms with E-state index in [-0.39, 0.29) is 42.7 Å². The molecule has 0 bridgehead atoms. The number of nitrogens with zero attached hydrogens (tertiary/aromatic N) is 5. The molecule has 0 aliphatic carbocycles. The first-order valence-electron chi connectivity index (χ1n) is 15.2. The summed E-state index contributed by atoms with van der Waals surface area (Å²) < 4.78 is 45.2. The monoisotopic (exact) mass is 653 g/mol. The van der Waals surface area contributed by atoms with Crippen molar-refractivity contribution in [1.82, 2.24) is 19.0 Å². The highest BCUT2D eigenvalue weighted by Gasteiger charge is 2.29. The molecule has 3 heterocycles. The van der Waals surface area contributed by atoms with Crippen LogP contribution < -0.4 is 10.5 Å². The van der Waals surface area contributed by atoms with Crippen LogP contribution in [-0.2, 0) is 22.6 Å². The van der Waals surface area contributed by atoms with Gasteiger partial charge in [0.1, 0.15) is 17.5 Å². The smallest absolute Gasteiger partial charge is 0.290 e. The van der Waals surface area contributed by atoms with E-state index in [1.165, 1.54) is 35.4 Å². The van der Waals surface area contributed by atoms with E-state index in [4.69, 9.17) is 0 Å². The van der Waals surface area contributed by atoms with Crippen molar-refractivity contribution in [1.29, 1.82) is 0 Å². The summed E-state index contributed by atoms with van der Waals surface area (Å²) in [6, 6.07) is 17.9. The lowest BCUT2D eigenvalue weighted by Crippen LogP contribution is -2.51. The van der Waals surface area contributed by atoms with Crippen molar-refractivity contribution in [3.8, 4) is 5.69 Å². The number of halogens is 3. The van der Waals surface area contributed by atoms with E-state index in [0.29, 0.717) is 18.7 Å². The van der Waals surface area contributed by atoms with Crippen LogP contribution in [0.5, 0.6) is 0 Å². The highest BCUT2D eigenvalue weighted by molar-refractivity contribution is 6.40. The van der Waals surface area contributed by atoms with Gasteiger partial charge in [-0.15, -0.1) is 0 Å². The highest BCUT2D eigenvalue weighted by atomic mass is 19.1. The van der Waals surface area contributed by atoms with Crippen molar-refractivity contribution in [2.75, 3.05) is 31.1 Å². The summed E-state index contributed by atoms with van der Waals surface area (Å²) in [5.41, 5.74) is 1.48. The minimum atomic E-state index is -0.962. The predicted octanol–water partition coefficient (Wildman–Crippen LogP) is 4.58. The molecule has 0 N–H and O–H groups in total. The summed E-state index contributed by atoms with van der Waals surface area (Å²) >= 11 is 0. The van der Waals surface area contributed by atoms with Crippen LogP contribution in [0, 0.1) is 17.5 Å². The highest BCUT2D eigenvalue weighted by Crippen LogP contribution is 2.20. The summed E-state index contributed by atoms with van der Waals surface area (Å²) in [5.74, 6) is -4.83. The molecule has 6 rings (SSSR count). The maximum absolute atomic E-state index is 14.5. The van der Waals surface area contributed by atoms with Gasteiger partial charge in [-0.3, -0.25) is 19.2 Å². The van der Waals surface area contributed by atoms with Crippen molar-refractivity contribution < 1.29 is 27.6 Å². The van der Waals surface area contributed by atoms with Gasteiger partial charge in [-0.05, 0) is 66.1 Å². The molecule has 1 amide bonds. The van der Waals surface area contributed by atoms with Gasteiger partial charge >= 0.3 is 0 Å². The second-order valence-corrected chi connectivity index (χ2v) is 11.5. The Hall–Kier alpha value is -5.78. The van der Waals surface area contributed by atoms with Crippen LogP contribution in [0.4, 0.5) is 18.9 Å². The topological polar surface area (TPSA) is 97.5 Å². The Morgan fingerprint density at radius 1 is 0.792 bits per heavy atom. The molecule has 9 nitrogen and oxygen atoms in total. The Morgan fingerprint density at radius 2 is 1.48 bits per heavy atom. The average molecular weight is 654 g/mol. The number of amides is 1. The van der Waals surface area contributed by atoms with Crippen LogP contribution >= 0.6 is 0 Å². The lowest BCUT2D eigenvalue weighted by Gasteiger charge is -2.35. The number of piperazine rings is 1. The molecule has 0 atom stereocenters. The number of hydrogen-bond acceptors (Lipinski definition) is 6. The summed E-state index contributed by atoms with van der Waals surface area (Å²) in [6.45, 7) is 1.23. The van der Waals surface area contributed by atoms with Crippen molar-refractivity contribution in [2.45, 2.75) is 19.4 Å². The van der Waals surface area contributed by atoms with E-state index < -0.39 is 46.9 Å². The van der Waals surface area contributed by atoms with Crippen LogP contribution in [0.2, 0.25) is 0 Å². The van der Waals surface area contributed by atoms with Crippen LogP contribution in [0.3, 0.4) is 0 Å². The van der Waals surface area contributed by atoms with Gasteiger partial charge in [-0.1, -0.05) is 18.2 Å². The van der Waals surface area contributed by atoms with E-state index in [0.717, 1.165) is 34.1 Å². The van der Waals surface area contributed by atoms with Crippen LogP contribution in [0.15, 0.2) is 103 Å². The van der Waals surface area contributed by atoms with E-state index in [1.54, 1.807) is 18.6 Å². The Bertz CT molecular complexity index is 2020. The van der Waals surface area contributed by atoms with Gasteiger partial charge in [0.2, 0.25) is 5.78 Å². The molecule has 1 aliphatic heterocycles. The van der Waals surface area contributed by atoms with Gasteiger partial charge in [0, 0.05) is 67.8 Å². The van der Waals surface area contributed by atoms with Crippen LogP contribution in [0.1, 0.15) is 33.5 Å². The van der Waals surface area contributed by atoms with E-state index >= 15 is 0 Å². The lowest BCUT2D eigenvalue weighted by atomic mass is 10.0. The number of hydrogen-bond donors (Lipinski definition) is 0. The molecular weight excluding hydrogens is 623 g/mol. The molecule has 0 radical (unpaired) electrons. The summed E-state index contributed by atoms with van der Waals surface area (Å²) in [4.78, 5) is 60.5. The number of Topliss-reactive ketones (excluding diaryl/α,β-unsaturated/α-hetero) is 2. The lowest BCUT2D eigenvalue weighted by molar-refractivity contribution is -0.144. The first-order chi connectivity index (χ1) is 23.1. The van der Waals surface area contributed by atoms with Gasteiger partial charge in [-0.2, -0.15) is 0 Å². The third kappa shape index (κ3) is 7.27. The Kier molecular flexibility index (Phi) is 9.33. The van der Waals surface area contributed by atoms with Crippen molar-refractivity contribution >= 4 is 23.2 Å². The maximum Gasteiger partial charge on any atom is 0.290 e. The molecule has 1 fully saturated rings. The molecule has 1 aliphatic rings. The Morgan fingerprint density at radius 3 is 2.15 bits per heavy atom. The minimum absolute atomic E-state index is 0.0596. The second kappa shape index (κ2) is 13.9. The fourth-order valence-corrected chi connectivity index (χ4v) is 5.78. The molecule has 1 saturated heterocycles. The quantitative estimate of drug-likeness (QED) is 0.124. The zero-order valence-electron chi connectivity index (χ0n) is 25.7. The van der Waals surface area contributed by atoms with E-state index in [1.807, 2.05) is 35.0 Å². The molecule has 244 valence electrons. The molecule has 0 unspecified atom stereocenters. The number of anilines is 1. The zero-order valence-corrected chi connectivity index (χ0v) is 25.7. The number of imidazole rings is 1. The number of ketones is 2. The molecule has 5 aromatic rings. The molecule has 3 aromatic carbocycles. The van der Waals surface area contributed by atoms with Crippen molar-refractivity contribution in [2.24, 2.45) is 0 Å². The second-order valence-electron chi connectivity index (χ2n) is 11.5. The zero-order chi connectivity index (χ0) is 33.8.